The van der Waals surface area contributed by atoms with Gasteiger partial charge in [0, 0.05) is 23.1 Å². The maximum Gasteiger partial charge on any atom is 0.229 e. The Morgan fingerprint density at radius 3 is 2.37 bits per heavy atom. The maximum absolute atomic E-state index is 8.91. The number of nitriles is 1. The fourth-order valence-corrected chi connectivity index (χ4v) is 2.92. The number of nitrogens with zero attached hydrogens (tertiary/aromatic N) is 3. The van der Waals surface area contributed by atoms with E-state index in [1.807, 2.05) is 25.1 Å². The second-order valence-electron chi connectivity index (χ2n) is 6.85. The normalized spacial score (nSPS) is 10.5. The van der Waals surface area contributed by atoms with Crippen molar-refractivity contribution in [2.24, 2.45) is 0 Å². The molecule has 0 radical (unpaired) electrons. The van der Waals surface area contributed by atoms with E-state index in [2.05, 4.69) is 65.6 Å². The second kappa shape index (κ2) is 7.88. The van der Waals surface area contributed by atoms with Gasteiger partial charge in [-0.25, -0.2) is 4.98 Å². The minimum Gasteiger partial charge on any atom is -0.340 e. The van der Waals surface area contributed by atoms with Crippen molar-refractivity contribution in [3.63, 3.8) is 0 Å². The minimum absolute atomic E-state index is 0.409. The van der Waals surface area contributed by atoms with Gasteiger partial charge in [0.25, 0.3) is 0 Å². The van der Waals surface area contributed by atoms with Crippen LogP contribution in [0.1, 0.15) is 42.1 Å². The molecule has 136 valence electrons. The van der Waals surface area contributed by atoms with E-state index in [-0.39, 0.29) is 0 Å². The van der Waals surface area contributed by atoms with E-state index in [1.165, 1.54) is 11.1 Å². The van der Waals surface area contributed by atoms with Crippen molar-refractivity contribution >= 4 is 23.1 Å². The molecule has 0 bridgehead atoms. The number of nitrogens with one attached hydrogen (secondary N) is 2. The zero-order valence-corrected chi connectivity index (χ0v) is 16.0. The fraction of sp³-hybridized carbons (Fsp3) is 0.227. The van der Waals surface area contributed by atoms with Gasteiger partial charge in [0.05, 0.1) is 11.6 Å². The zero-order valence-electron chi connectivity index (χ0n) is 16.0. The molecule has 27 heavy (non-hydrogen) atoms. The van der Waals surface area contributed by atoms with Crippen molar-refractivity contribution in [2.45, 2.75) is 33.6 Å². The summed E-state index contributed by atoms with van der Waals surface area (Å²) in [6.07, 6.45) is 0. The Balaban J connectivity index is 1.89. The standard InChI is InChI=1S/C22H23N5/c1-14(2)19-7-5-6-15(3)21(19)26-20-12-16(4)24-22(27-20)25-18-10-8-17(13-23)9-11-18/h5-12,14H,1-4H3,(H2,24,25,26,27). The van der Waals surface area contributed by atoms with Gasteiger partial charge in [0.1, 0.15) is 5.82 Å². The van der Waals surface area contributed by atoms with Crippen molar-refractivity contribution in [3.05, 3.63) is 70.9 Å². The number of aryl methyl sites for hydroxylation is 2. The first-order chi connectivity index (χ1) is 13.0. The van der Waals surface area contributed by atoms with Crippen LogP contribution in [0.4, 0.5) is 23.1 Å². The van der Waals surface area contributed by atoms with Crippen LogP contribution in [0.2, 0.25) is 0 Å². The Hall–Kier alpha value is -3.39. The van der Waals surface area contributed by atoms with E-state index in [9.17, 15) is 0 Å². The topological polar surface area (TPSA) is 73.6 Å². The van der Waals surface area contributed by atoms with Crippen molar-refractivity contribution in [1.29, 1.82) is 5.26 Å². The lowest BCUT2D eigenvalue weighted by atomic mass is 9.98. The van der Waals surface area contributed by atoms with Gasteiger partial charge in [-0.1, -0.05) is 32.0 Å². The molecule has 1 aromatic heterocycles. The van der Waals surface area contributed by atoms with Gasteiger partial charge >= 0.3 is 0 Å². The highest BCUT2D eigenvalue weighted by atomic mass is 15.1. The molecular formula is C22H23N5. The van der Waals surface area contributed by atoms with Crippen LogP contribution in [0.25, 0.3) is 0 Å². The van der Waals surface area contributed by atoms with Crippen LogP contribution in [0, 0.1) is 25.2 Å². The van der Waals surface area contributed by atoms with Crippen LogP contribution in [0.3, 0.4) is 0 Å². The first-order valence-corrected chi connectivity index (χ1v) is 8.95. The summed E-state index contributed by atoms with van der Waals surface area (Å²) in [6.45, 7) is 8.41. The quantitative estimate of drug-likeness (QED) is 0.624. The van der Waals surface area contributed by atoms with Crippen LogP contribution < -0.4 is 10.6 Å². The third-order valence-electron chi connectivity index (χ3n) is 4.30. The van der Waals surface area contributed by atoms with Gasteiger partial charge in [-0.2, -0.15) is 10.2 Å². The molecule has 0 saturated carbocycles. The number of anilines is 4. The highest BCUT2D eigenvalue weighted by Gasteiger charge is 2.11. The highest BCUT2D eigenvalue weighted by Crippen LogP contribution is 2.30. The van der Waals surface area contributed by atoms with Gasteiger partial charge in [-0.15, -0.1) is 0 Å². The molecule has 2 aromatic carbocycles. The van der Waals surface area contributed by atoms with E-state index in [1.54, 1.807) is 12.1 Å². The van der Waals surface area contributed by atoms with Gasteiger partial charge in [-0.05, 0) is 55.2 Å². The average Bonchev–Trinajstić information content (AvgIpc) is 2.63. The van der Waals surface area contributed by atoms with Crippen molar-refractivity contribution in [1.82, 2.24) is 9.97 Å². The molecule has 1 heterocycles. The summed E-state index contributed by atoms with van der Waals surface area (Å²) >= 11 is 0. The summed E-state index contributed by atoms with van der Waals surface area (Å²) in [5, 5.41) is 15.6. The summed E-state index contributed by atoms with van der Waals surface area (Å²) < 4.78 is 0. The van der Waals surface area contributed by atoms with Crippen LogP contribution in [-0.2, 0) is 0 Å². The fourth-order valence-electron chi connectivity index (χ4n) is 2.92. The third kappa shape index (κ3) is 4.42. The SMILES string of the molecule is Cc1cc(Nc2c(C)cccc2C(C)C)nc(Nc2ccc(C#N)cc2)n1. The largest absolute Gasteiger partial charge is 0.340 e. The molecule has 3 aromatic rings. The number of para-hydroxylation sites is 1. The van der Waals surface area contributed by atoms with Crippen molar-refractivity contribution in [3.8, 4) is 6.07 Å². The molecule has 5 nitrogen and oxygen atoms in total. The molecule has 0 unspecified atom stereocenters. The first kappa shape index (κ1) is 18.4. The van der Waals surface area contributed by atoms with Crippen LogP contribution in [0.15, 0.2) is 48.5 Å². The lowest BCUT2D eigenvalue weighted by Crippen LogP contribution is -2.05. The molecule has 0 aliphatic carbocycles. The molecule has 3 rings (SSSR count). The Bertz CT molecular complexity index is 985. The summed E-state index contributed by atoms with van der Waals surface area (Å²) in [7, 11) is 0. The van der Waals surface area contributed by atoms with Crippen LogP contribution in [-0.4, -0.2) is 9.97 Å². The average molecular weight is 357 g/mol. The maximum atomic E-state index is 8.91. The number of hydrogen-bond acceptors (Lipinski definition) is 5. The Morgan fingerprint density at radius 1 is 0.963 bits per heavy atom. The molecule has 2 N–H and O–H groups in total. The predicted molar refractivity (Wildman–Crippen MR) is 110 cm³/mol. The smallest absolute Gasteiger partial charge is 0.229 e. The molecule has 0 saturated heterocycles. The third-order valence-corrected chi connectivity index (χ3v) is 4.30. The second-order valence-corrected chi connectivity index (χ2v) is 6.85. The molecule has 0 amide bonds. The van der Waals surface area contributed by atoms with Crippen LogP contribution >= 0.6 is 0 Å². The number of rotatable bonds is 5. The number of aromatic nitrogens is 2. The highest BCUT2D eigenvalue weighted by molar-refractivity contribution is 5.67. The number of benzene rings is 2. The van der Waals surface area contributed by atoms with E-state index >= 15 is 0 Å². The summed E-state index contributed by atoms with van der Waals surface area (Å²) in [4.78, 5) is 9.08. The van der Waals surface area contributed by atoms with Crippen molar-refractivity contribution in [2.75, 3.05) is 10.6 Å². The summed E-state index contributed by atoms with van der Waals surface area (Å²) in [5.41, 5.74) is 5.85. The van der Waals surface area contributed by atoms with Gasteiger partial charge in [-0.3, -0.25) is 0 Å². The van der Waals surface area contributed by atoms with E-state index < -0.39 is 0 Å². The summed E-state index contributed by atoms with van der Waals surface area (Å²) in [6, 6.07) is 17.6. The molecule has 0 spiro atoms. The van der Waals surface area contributed by atoms with Crippen LogP contribution in [0.5, 0.6) is 0 Å². The van der Waals surface area contributed by atoms with Gasteiger partial charge in [0.15, 0.2) is 0 Å². The molecule has 0 fully saturated rings. The number of hydrogen-bond donors (Lipinski definition) is 2. The Kier molecular flexibility index (Phi) is 5.37. The van der Waals surface area contributed by atoms with E-state index in [0.29, 0.717) is 17.4 Å². The lowest BCUT2D eigenvalue weighted by Gasteiger charge is -2.17. The lowest BCUT2D eigenvalue weighted by molar-refractivity contribution is 0.867. The van der Waals surface area contributed by atoms with E-state index in [0.717, 1.165) is 22.9 Å². The Morgan fingerprint density at radius 2 is 1.70 bits per heavy atom. The van der Waals surface area contributed by atoms with Gasteiger partial charge < -0.3 is 10.6 Å². The Labute approximate surface area is 160 Å². The van der Waals surface area contributed by atoms with Gasteiger partial charge in [0.2, 0.25) is 5.95 Å². The molecule has 0 aliphatic rings. The monoisotopic (exact) mass is 357 g/mol. The molecule has 0 aliphatic heterocycles. The molecule has 0 atom stereocenters. The minimum atomic E-state index is 0.409. The summed E-state index contributed by atoms with van der Waals surface area (Å²) in [5.74, 6) is 1.67. The first-order valence-electron chi connectivity index (χ1n) is 8.95. The van der Waals surface area contributed by atoms with Crippen molar-refractivity contribution < 1.29 is 0 Å². The molecule has 5 heteroatoms. The van der Waals surface area contributed by atoms with E-state index in [4.69, 9.17) is 5.26 Å². The molecular weight excluding hydrogens is 334 g/mol. The predicted octanol–water partition coefficient (Wildman–Crippen LogP) is 5.58. The zero-order chi connectivity index (χ0) is 19.4.